The predicted molar refractivity (Wildman–Crippen MR) is 94.5 cm³/mol. The minimum Gasteiger partial charge on any atom is -0.341 e. The first-order valence-corrected chi connectivity index (χ1v) is 9.27. The molecule has 0 bridgehead atoms. The van der Waals surface area contributed by atoms with Crippen molar-refractivity contribution in [1.82, 2.24) is 10.3 Å². The van der Waals surface area contributed by atoms with Crippen molar-refractivity contribution in [3.05, 3.63) is 33.0 Å². The van der Waals surface area contributed by atoms with Crippen molar-refractivity contribution in [2.24, 2.45) is 0 Å². The minimum absolute atomic E-state index is 0.454. The fourth-order valence-corrected chi connectivity index (χ4v) is 4.22. The maximum absolute atomic E-state index is 4.93. The SMILES string of the molecule is CCCc1nc(N(Cc2cccs2)C(C)C)sc1CNC. The Labute approximate surface area is 136 Å². The van der Waals surface area contributed by atoms with Gasteiger partial charge in [0.2, 0.25) is 0 Å². The number of thiazole rings is 1. The molecule has 5 heteroatoms. The van der Waals surface area contributed by atoms with Crippen molar-refractivity contribution in [3.63, 3.8) is 0 Å². The van der Waals surface area contributed by atoms with Gasteiger partial charge < -0.3 is 10.2 Å². The molecular weight excluding hydrogens is 298 g/mol. The highest BCUT2D eigenvalue weighted by Gasteiger charge is 2.18. The van der Waals surface area contributed by atoms with Gasteiger partial charge >= 0.3 is 0 Å². The van der Waals surface area contributed by atoms with E-state index in [0.717, 1.165) is 31.1 Å². The average molecular weight is 324 g/mol. The molecule has 2 aromatic rings. The van der Waals surface area contributed by atoms with E-state index in [9.17, 15) is 0 Å². The fraction of sp³-hybridized carbons (Fsp3) is 0.562. The molecule has 0 spiro atoms. The average Bonchev–Trinajstić information content (AvgIpc) is 3.07. The van der Waals surface area contributed by atoms with E-state index in [-0.39, 0.29) is 0 Å². The molecule has 2 rings (SSSR count). The lowest BCUT2D eigenvalue weighted by Gasteiger charge is -2.25. The summed E-state index contributed by atoms with van der Waals surface area (Å²) in [7, 11) is 2.00. The first-order chi connectivity index (χ1) is 10.2. The summed E-state index contributed by atoms with van der Waals surface area (Å²) in [5.41, 5.74) is 1.27. The normalized spacial score (nSPS) is 11.3. The molecule has 0 aliphatic rings. The van der Waals surface area contributed by atoms with Gasteiger partial charge in [-0.1, -0.05) is 19.4 Å². The maximum Gasteiger partial charge on any atom is 0.186 e. The minimum atomic E-state index is 0.454. The molecule has 0 aliphatic carbocycles. The Hall–Kier alpha value is -0.910. The summed E-state index contributed by atoms with van der Waals surface area (Å²) in [6.45, 7) is 8.57. The number of nitrogens with zero attached hydrogens (tertiary/aromatic N) is 2. The number of thiophene rings is 1. The Kier molecular flexibility index (Phi) is 6.21. The van der Waals surface area contributed by atoms with Crippen LogP contribution in [0.3, 0.4) is 0 Å². The van der Waals surface area contributed by atoms with E-state index >= 15 is 0 Å². The van der Waals surface area contributed by atoms with Crippen molar-refractivity contribution in [1.29, 1.82) is 0 Å². The lowest BCUT2D eigenvalue weighted by Crippen LogP contribution is -2.29. The van der Waals surface area contributed by atoms with E-state index < -0.39 is 0 Å². The zero-order chi connectivity index (χ0) is 15.2. The van der Waals surface area contributed by atoms with Gasteiger partial charge in [0, 0.05) is 22.3 Å². The van der Waals surface area contributed by atoms with E-state index in [1.54, 1.807) is 0 Å². The molecule has 0 aromatic carbocycles. The monoisotopic (exact) mass is 323 g/mol. The second-order valence-corrected chi connectivity index (χ2v) is 7.54. The van der Waals surface area contributed by atoms with Crippen molar-refractivity contribution >= 4 is 27.8 Å². The topological polar surface area (TPSA) is 28.2 Å². The molecule has 0 atom stereocenters. The van der Waals surface area contributed by atoms with Crippen LogP contribution in [0.5, 0.6) is 0 Å². The molecule has 0 aliphatic heterocycles. The summed E-state index contributed by atoms with van der Waals surface area (Å²) in [5, 5.41) is 6.57. The number of hydrogen-bond acceptors (Lipinski definition) is 5. The zero-order valence-corrected chi connectivity index (χ0v) is 15.0. The van der Waals surface area contributed by atoms with Gasteiger partial charge in [0.25, 0.3) is 0 Å². The second kappa shape index (κ2) is 7.92. The summed E-state index contributed by atoms with van der Waals surface area (Å²) < 4.78 is 0. The fourth-order valence-electron chi connectivity index (χ4n) is 2.26. The van der Waals surface area contributed by atoms with Crippen molar-refractivity contribution in [2.45, 2.75) is 52.7 Å². The van der Waals surface area contributed by atoms with Crippen LogP contribution in [0, 0.1) is 0 Å². The van der Waals surface area contributed by atoms with Gasteiger partial charge in [0.15, 0.2) is 5.13 Å². The van der Waals surface area contributed by atoms with Crippen molar-refractivity contribution in [2.75, 3.05) is 11.9 Å². The number of hydrogen-bond donors (Lipinski definition) is 1. The van der Waals surface area contributed by atoms with Crippen molar-refractivity contribution < 1.29 is 0 Å². The smallest absolute Gasteiger partial charge is 0.186 e. The third-order valence-electron chi connectivity index (χ3n) is 3.37. The first-order valence-electron chi connectivity index (χ1n) is 7.57. The largest absolute Gasteiger partial charge is 0.341 e. The van der Waals surface area contributed by atoms with Gasteiger partial charge in [-0.25, -0.2) is 4.98 Å². The molecule has 0 radical (unpaired) electrons. The van der Waals surface area contributed by atoms with Gasteiger partial charge in [0.05, 0.1) is 12.2 Å². The van der Waals surface area contributed by atoms with Crippen LogP contribution in [0.15, 0.2) is 17.5 Å². The Balaban J connectivity index is 2.24. The Morgan fingerprint density at radius 3 is 2.76 bits per heavy atom. The van der Waals surface area contributed by atoms with Gasteiger partial charge in [-0.3, -0.25) is 0 Å². The Bertz CT molecular complexity index is 508. The standard InChI is InChI=1S/C16H25N3S2/c1-5-7-14-15(10-17-4)21-16(18-14)19(12(2)3)11-13-8-6-9-20-13/h6,8-9,12,17H,5,7,10-11H2,1-4H3. The van der Waals surface area contributed by atoms with E-state index in [1.165, 1.54) is 15.4 Å². The van der Waals surface area contributed by atoms with Gasteiger partial charge in [-0.15, -0.1) is 22.7 Å². The highest BCUT2D eigenvalue weighted by Crippen LogP contribution is 2.30. The number of anilines is 1. The van der Waals surface area contributed by atoms with E-state index in [0.29, 0.717) is 6.04 Å². The number of aromatic nitrogens is 1. The summed E-state index contributed by atoms with van der Waals surface area (Å²) >= 11 is 3.66. The van der Waals surface area contributed by atoms with Crippen LogP contribution in [-0.4, -0.2) is 18.1 Å². The van der Waals surface area contributed by atoms with Crippen LogP contribution in [0.1, 0.15) is 42.6 Å². The third-order valence-corrected chi connectivity index (χ3v) is 5.36. The molecule has 0 saturated heterocycles. The van der Waals surface area contributed by atoms with Crippen LogP contribution in [0.4, 0.5) is 5.13 Å². The van der Waals surface area contributed by atoms with E-state index in [2.05, 4.69) is 48.5 Å². The lowest BCUT2D eigenvalue weighted by atomic mass is 10.2. The van der Waals surface area contributed by atoms with Crippen LogP contribution in [0.2, 0.25) is 0 Å². The highest BCUT2D eigenvalue weighted by molar-refractivity contribution is 7.15. The van der Waals surface area contributed by atoms with Gasteiger partial charge in [-0.05, 0) is 38.8 Å². The summed E-state index contributed by atoms with van der Waals surface area (Å²) in [4.78, 5) is 10.1. The molecule has 116 valence electrons. The van der Waals surface area contributed by atoms with E-state index in [4.69, 9.17) is 4.98 Å². The molecule has 0 fully saturated rings. The Morgan fingerprint density at radius 1 is 1.38 bits per heavy atom. The molecule has 21 heavy (non-hydrogen) atoms. The molecule has 0 saturated carbocycles. The summed E-state index contributed by atoms with van der Waals surface area (Å²) in [6, 6.07) is 4.78. The summed E-state index contributed by atoms with van der Waals surface area (Å²) in [5.74, 6) is 0. The second-order valence-electron chi connectivity index (χ2n) is 5.45. The van der Waals surface area contributed by atoms with Gasteiger partial charge in [-0.2, -0.15) is 0 Å². The molecule has 2 heterocycles. The molecule has 0 amide bonds. The van der Waals surface area contributed by atoms with Crippen LogP contribution < -0.4 is 10.2 Å². The number of rotatable bonds is 8. The predicted octanol–water partition coefficient (Wildman–Crippen LogP) is 4.29. The Morgan fingerprint density at radius 2 is 2.19 bits per heavy atom. The van der Waals surface area contributed by atoms with Crippen LogP contribution in [-0.2, 0) is 19.5 Å². The quantitative estimate of drug-likeness (QED) is 0.785. The van der Waals surface area contributed by atoms with Crippen molar-refractivity contribution in [3.8, 4) is 0 Å². The molecule has 0 unspecified atom stereocenters. The molecule has 1 N–H and O–H groups in total. The first kappa shape index (κ1) is 16.5. The maximum atomic E-state index is 4.93. The lowest BCUT2D eigenvalue weighted by molar-refractivity contribution is 0.682. The number of nitrogens with one attached hydrogen (secondary N) is 1. The molecule has 3 nitrogen and oxygen atoms in total. The zero-order valence-electron chi connectivity index (χ0n) is 13.3. The third kappa shape index (κ3) is 4.28. The van der Waals surface area contributed by atoms with Crippen LogP contribution >= 0.6 is 22.7 Å². The summed E-state index contributed by atoms with van der Waals surface area (Å²) in [6.07, 6.45) is 2.21. The molecular formula is C16H25N3S2. The van der Waals surface area contributed by atoms with E-state index in [1.807, 2.05) is 29.7 Å². The van der Waals surface area contributed by atoms with Gasteiger partial charge in [0.1, 0.15) is 0 Å². The number of aryl methyl sites for hydroxylation is 1. The van der Waals surface area contributed by atoms with Crippen LogP contribution in [0.25, 0.3) is 0 Å². The highest BCUT2D eigenvalue weighted by atomic mass is 32.1. The molecule has 2 aromatic heterocycles.